The highest BCUT2D eigenvalue weighted by atomic mass is 35.5. The zero-order valence-corrected chi connectivity index (χ0v) is 16.9. The number of aromatic nitrogens is 2. The van der Waals surface area contributed by atoms with Gasteiger partial charge in [-0.2, -0.15) is 5.10 Å². The fraction of sp³-hybridized carbons (Fsp3) is 0.190. The summed E-state index contributed by atoms with van der Waals surface area (Å²) in [6.45, 7) is 1.64. The highest BCUT2D eigenvalue weighted by molar-refractivity contribution is 6.32. The number of aromatic amines is 1. The molecule has 4 rings (SSSR count). The van der Waals surface area contributed by atoms with E-state index in [9.17, 15) is 14.0 Å². The first-order valence-corrected chi connectivity index (χ1v) is 9.53. The summed E-state index contributed by atoms with van der Waals surface area (Å²) in [6.07, 6.45) is 1.60. The molecule has 0 bridgehead atoms. The molecule has 2 heterocycles. The van der Waals surface area contributed by atoms with Gasteiger partial charge in [0.1, 0.15) is 11.6 Å². The maximum Gasteiger partial charge on any atom is 0.254 e. The van der Waals surface area contributed by atoms with Crippen LogP contribution in [0.25, 0.3) is 10.9 Å². The van der Waals surface area contributed by atoms with E-state index < -0.39 is 17.6 Å². The molecule has 9 heteroatoms. The molecular formula is C21H18ClFN4O3. The van der Waals surface area contributed by atoms with Gasteiger partial charge in [0.05, 0.1) is 29.5 Å². The molecule has 154 valence electrons. The van der Waals surface area contributed by atoms with Gasteiger partial charge >= 0.3 is 0 Å². The summed E-state index contributed by atoms with van der Waals surface area (Å²) in [5, 5.41) is 12.9. The second-order valence-electron chi connectivity index (χ2n) is 6.98. The molecule has 3 aromatic rings. The first-order chi connectivity index (χ1) is 14.4. The number of rotatable bonds is 4. The first kappa shape index (κ1) is 19.9. The van der Waals surface area contributed by atoms with E-state index in [1.54, 1.807) is 31.3 Å². The van der Waals surface area contributed by atoms with E-state index in [4.69, 9.17) is 16.3 Å². The van der Waals surface area contributed by atoms with Gasteiger partial charge in [-0.3, -0.25) is 14.7 Å². The van der Waals surface area contributed by atoms with Gasteiger partial charge in [-0.25, -0.2) is 4.39 Å². The van der Waals surface area contributed by atoms with Crippen LogP contribution in [0.1, 0.15) is 24.8 Å². The molecule has 0 aliphatic carbocycles. The van der Waals surface area contributed by atoms with Gasteiger partial charge in [0, 0.05) is 35.1 Å². The standard InChI is InChI=1S/C21H18ClFN4O3/c1-10-20(21(29)26-17-5-12-9-24-27-16(12)8-15(17)23)13(7-19(28)25-10)11-3-4-14(22)18(6-11)30-2/h3-6,8-9,13H,7H2,1-2H3,(H,24,27)(H,25,28)(H,26,29). The average molecular weight is 429 g/mol. The lowest BCUT2D eigenvalue weighted by molar-refractivity contribution is -0.121. The van der Waals surface area contributed by atoms with Crippen molar-refractivity contribution in [2.24, 2.45) is 0 Å². The van der Waals surface area contributed by atoms with E-state index in [0.29, 0.717) is 38.5 Å². The van der Waals surface area contributed by atoms with Crippen molar-refractivity contribution in [3.63, 3.8) is 0 Å². The predicted molar refractivity (Wildman–Crippen MR) is 111 cm³/mol. The van der Waals surface area contributed by atoms with E-state index in [1.165, 1.54) is 19.2 Å². The van der Waals surface area contributed by atoms with Crippen molar-refractivity contribution in [2.75, 3.05) is 12.4 Å². The number of anilines is 1. The number of nitrogens with zero attached hydrogens (tertiary/aromatic N) is 1. The molecule has 1 aliphatic rings. The maximum atomic E-state index is 14.5. The Morgan fingerprint density at radius 1 is 1.33 bits per heavy atom. The normalized spacial score (nSPS) is 16.5. The average Bonchev–Trinajstić information content (AvgIpc) is 3.15. The number of allylic oxidation sites excluding steroid dienone is 1. The molecule has 0 spiro atoms. The maximum absolute atomic E-state index is 14.5. The Balaban J connectivity index is 1.71. The van der Waals surface area contributed by atoms with E-state index >= 15 is 0 Å². The third-order valence-electron chi connectivity index (χ3n) is 5.07. The van der Waals surface area contributed by atoms with E-state index in [-0.39, 0.29) is 18.0 Å². The second-order valence-corrected chi connectivity index (χ2v) is 7.39. The zero-order chi connectivity index (χ0) is 21.4. The molecule has 3 N–H and O–H groups in total. The quantitative estimate of drug-likeness (QED) is 0.587. The molecule has 0 saturated carbocycles. The number of methoxy groups -OCH3 is 1. The number of hydrogen-bond acceptors (Lipinski definition) is 4. The molecule has 2 amide bonds. The lowest BCUT2D eigenvalue weighted by Gasteiger charge is -2.27. The van der Waals surface area contributed by atoms with E-state index in [0.717, 1.165) is 0 Å². The molecule has 0 fully saturated rings. The number of H-pyrrole nitrogens is 1. The third kappa shape index (κ3) is 3.61. The Morgan fingerprint density at radius 3 is 2.90 bits per heavy atom. The lowest BCUT2D eigenvalue weighted by atomic mass is 9.84. The Bertz CT molecular complexity index is 1200. The number of fused-ring (bicyclic) bond motifs is 1. The van der Waals surface area contributed by atoms with Crippen LogP contribution in [0.5, 0.6) is 5.75 Å². The number of carbonyl (C=O) groups excluding carboxylic acids is 2. The number of nitrogens with one attached hydrogen (secondary N) is 3. The summed E-state index contributed by atoms with van der Waals surface area (Å²) < 4.78 is 19.7. The zero-order valence-electron chi connectivity index (χ0n) is 16.2. The fourth-order valence-corrected chi connectivity index (χ4v) is 3.83. The molecule has 0 radical (unpaired) electrons. The SMILES string of the molecule is COc1cc(C2CC(=O)NC(C)=C2C(=O)Nc2cc3cn[nH]c3cc2F)ccc1Cl. The lowest BCUT2D eigenvalue weighted by Crippen LogP contribution is -2.35. The predicted octanol–water partition coefficient (Wildman–Crippen LogP) is 3.88. The minimum absolute atomic E-state index is 0.0264. The highest BCUT2D eigenvalue weighted by Gasteiger charge is 2.32. The van der Waals surface area contributed by atoms with Crippen molar-refractivity contribution in [1.82, 2.24) is 15.5 Å². The molecule has 2 aromatic carbocycles. The Morgan fingerprint density at radius 2 is 2.13 bits per heavy atom. The van der Waals surface area contributed by atoms with E-state index in [1.807, 2.05) is 0 Å². The summed E-state index contributed by atoms with van der Waals surface area (Å²) in [5.41, 5.74) is 2.00. The van der Waals surface area contributed by atoms with Crippen LogP contribution in [0, 0.1) is 5.82 Å². The first-order valence-electron chi connectivity index (χ1n) is 9.15. The number of halogens is 2. The van der Waals surface area contributed by atoms with Crippen LogP contribution < -0.4 is 15.4 Å². The van der Waals surface area contributed by atoms with Gasteiger partial charge in [-0.15, -0.1) is 0 Å². The third-order valence-corrected chi connectivity index (χ3v) is 5.38. The van der Waals surface area contributed by atoms with Crippen LogP contribution >= 0.6 is 11.6 Å². The van der Waals surface area contributed by atoms with Crippen molar-refractivity contribution in [2.45, 2.75) is 19.3 Å². The number of ether oxygens (including phenoxy) is 1. The van der Waals surface area contributed by atoms with Crippen LogP contribution in [0.3, 0.4) is 0 Å². The van der Waals surface area contributed by atoms with Gasteiger partial charge in [0.2, 0.25) is 5.91 Å². The molecule has 1 aromatic heterocycles. The van der Waals surface area contributed by atoms with Crippen LogP contribution in [-0.4, -0.2) is 29.1 Å². The number of amides is 2. The number of carbonyl (C=O) groups is 2. The number of hydrogen-bond donors (Lipinski definition) is 3. The van der Waals surface area contributed by atoms with Crippen molar-refractivity contribution in [3.8, 4) is 5.75 Å². The minimum atomic E-state index is -0.595. The minimum Gasteiger partial charge on any atom is -0.495 e. The summed E-state index contributed by atoms with van der Waals surface area (Å²) in [7, 11) is 1.49. The monoisotopic (exact) mass is 428 g/mol. The topological polar surface area (TPSA) is 96.1 Å². The Labute approximate surface area is 176 Å². The molecule has 1 atom stereocenters. The van der Waals surface area contributed by atoms with E-state index in [2.05, 4.69) is 20.8 Å². The molecular weight excluding hydrogens is 411 g/mol. The van der Waals surface area contributed by atoms with Gasteiger partial charge in [-0.05, 0) is 30.7 Å². The summed E-state index contributed by atoms with van der Waals surface area (Å²) in [4.78, 5) is 25.3. The van der Waals surface area contributed by atoms with Crippen molar-refractivity contribution in [3.05, 3.63) is 64.2 Å². The molecule has 1 unspecified atom stereocenters. The fourth-order valence-electron chi connectivity index (χ4n) is 3.63. The smallest absolute Gasteiger partial charge is 0.254 e. The molecule has 1 aliphatic heterocycles. The van der Waals surface area contributed by atoms with Crippen LogP contribution in [-0.2, 0) is 9.59 Å². The highest BCUT2D eigenvalue weighted by Crippen LogP contribution is 2.37. The Hall–Kier alpha value is -3.39. The van der Waals surface area contributed by atoms with Crippen molar-refractivity contribution in [1.29, 1.82) is 0 Å². The van der Waals surface area contributed by atoms with Crippen LogP contribution in [0.2, 0.25) is 5.02 Å². The van der Waals surface area contributed by atoms with Gasteiger partial charge in [0.15, 0.2) is 0 Å². The van der Waals surface area contributed by atoms with Crippen molar-refractivity contribution >= 4 is 40.0 Å². The van der Waals surface area contributed by atoms with Gasteiger partial charge in [-0.1, -0.05) is 17.7 Å². The number of benzene rings is 2. The van der Waals surface area contributed by atoms with Crippen molar-refractivity contribution < 1.29 is 18.7 Å². The largest absolute Gasteiger partial charge is 0.495 e. The molecule has 7 nitrogen and oxygen atoms in total. The summed E-state index contributed by atoms with van der Waals surface area (Å²) >= 11 is 6.11. The summed E-state index contributed by atoms with van der Waals surface area (Å²) in [5.74, 6) is -1.41. The van der Waals surface area contributed by atoms with Crippen LogP contribution in [0.15, 0.2) is 47.8 Å². The van der Waals surface area contributed by atoms with Gasteiger partial charge in [0.25, 0.3) is 5.91 Å². The molecule has 30 heavy (non-hydrogen) atoms. The van der Waals surface area contributed by atoms with Crippen LogP contribution in [0.4, 0.5) is 10.1 Å². The molecule has 0 saturated heterocycles. The summed E-state index contributed by atoms with van der Waals surface area (Å²) in [6, 6.07) is 7.86. The Kier molecular flexibility index (Phi) is 5.17. The second kappa shape index (κ2) is 7.79. The van der Waals surface area contributed by atoms with Gasteiger partial charge < -0.3 is 15.4 Å².